The summed E-state index contributed by atoms with van der Waals surface area (Å²) in [5.74, 6) is -0.711. The summed E-state index contributed by atoms with van der Waals surface area (Å²) < 4.78 is 0. The summed E-state index contributed by atoms with van der Waals surface area (Å²) in [6, 6.07) is 0. The van der Waals surface area contributed by atoms with Crippen LogP contribution in [0.15, 0.2) is 12.4 Å². The van der Waals surface area contributed by atoms with E-state index in [-0.39, 0.29) is 0 Å². The van der Waals surface area contributed by atoms with Crippen LogP contribution in [0.1, 0.15) is 65.2 Å². The van der Waals surface area contributed by atoms with Crippen LogP contribution in [0.25, 0.3) is 0 Å². The second kappa shape index (κ2) is 12.8. The number of aliphatic carboxylic acids is 1. The molecule has 118 valence electrons. The van der Waals surface area contributed by atoms with E-state index in [1.54, 1.807) is 0 Å². The van der Waals surface area contributed by atoms with Gasteiger partial charge in [0.1, 0.15) is 0 Å². The molecule has 0 saturated heterocycles. The highest BCUT2D eigenvalue weighted by Gasteiger charge is 2.06. The van der Waals surface area contributed by atoms with Gasteiger partial charge in [-0.2, -0.15) is 0 Å². The molecule has 0 amide bonds. The van der Waals surface area contributed by atoms with Crippen molar-refractivity contribution in [1.82, 2.24) is 9.80 Å². The van der Waals surface area contributed by atoms with Crippen LogP contribution in [-0.4, -0.2) is 41.1 Å². The Kier molecular flexibility index (Phi) is 12.1. The van der Waals surface area contributed by atoms with Crippen LogP contribution in [0.2, 0.25) is 0 Å². The third kappa shape index (κ3) is 11.9. The summed E-state index contributed by atoms with van der Waals surface area (Å²) in [6.07, 6.45) is 13.7. The van der Waals surface area contributed by atoms with Gasteiger partial charge in [-0.1, -0.05) is 46.0 Å². The molecule has 0 saturated carbocycles. The maximum atomic E-state index is 9.60. The topological polar surface area (TPSA) is 43.8 Å². The first-order valence-corrected chi connectivity index (χ1v) is 7.94. The van der Waals surface area contributed by atoms with E-state index >= 15 is 0 Å². The van der Waals surface area contributed by atoms with Crippen molar-refractivity contribution in [2.75, 3.05) is 20.3 Å². The Morgan fingerprint density at radius 3 is 2.15 bits per heavy atom. The van der Waals surface area contributed by atoms with Gasteiger partial charge in [0.2, 0.25) is 0 Å². The highest BCUT2D eigenvalue weighted by atomic mass is 16.4. The smallest absolute Gasteiger partial charge is 0.303 e. The van der Waals surface area contributed by atoms with Crippen molar-refractivity contribution in [2.24, 2.45) is 0 Å². The van der Waals surface area contributed by atoms with E-state index in [1.807, 2.05) is 6.92 Å². The number of carboxylic acids is 1. The van der Waals surface area contributed by atoms with Gasteiger partial charge in [0, 0.05) is 32.4 Å². The van der Waals surface area contributed by atoms with Crippen LogP contribution in [0.4, 0.5) is 0 Å². The quantitative estimate of drug-likeness (QED) is 0.652. The van der Waals surface area contributed by atoms with Crippen LogP contribution in [0.5, 0.6) is 0 Å². The van der Waals surface area contributed by atoms with Gasteiger partial charge in [-0.15, -0.1) is 0 Å². The average molecular weight is 284 g/mol. The third-order valence-electron chi connectivity index (χ3n) is 3.20. The summed E-state index contributed by atoms with van der Waals surface area (Å²) in [7, 11) is 2.12. The fraction of sp³-hybridized carbons (Fsp3) is 0.812. The fourth-order valence-electron chi connectivity index (χ4n) is 2.04. The molecule has 1 rings (SSSR count). The molecule has 0 spiro atoms. The van der Waals surface area contributed by atoms with E-state index in [0.29, 0.717) is 6.42 Å². The molecule has 0 bridgehead atoms. The Balaban J connectivity index is 0.000000511. The SMILES string of the molecule is CCCC(=O)O.CCCCCCCCN1C=CN(C)C1. The fourth-order valence-corrected chi connectivity index (χ4v) is 2.04. The summed E-state index contributed by atoms with van der Waals surface area (Å²) in [6.45, 7) is 6.42. The van der Waals surface area contributed by atoms with Crippen molar-refractivity contribution < 1.29 is 9.90 Å². The minimum Gasteiger partial charge on any atom is -0.481 e. The lowest BCUT2D eigenvalue weighted by molar-refractivity contribution is -0.137. The van der Waals surface area contributed by atoms with Gasteiger partial charge in [0.05, 0.1) is 6.67 Å². The molecule has 1 heterocycles. The van der Waals surface area contributed by atoms with Crippen LogP contribution in [0, 0.1) is 0 Å². The minimum atomic E-state index is -0.711. The predicted molar refractivity (Wildman–Crippen MR) is 84.4 cm³/mol. The maximum absolute atomic E-state index is 9.60. The lowest BCUT2D eigenvalue weighted by Crippen LogP contribution is -2.23. The first-order chi connectivity index (χ1) is 9.60. The number of unbranched alkanes of at least 4 members (excludes halogenated alkanes) is 5. The minimum absolute atomic E-state index is 0.292. The highest BCUT2D eigenvalue weighted by molar-refractivity contribution is 5.66. The first kappa shape index (κ1) is 18.8. The summed E-state index contributed by atoms with van der Waals surface area (Å²) >= 11 is 0. The standard InChI is InChI=1S/C12H24N2.C4H8O2/c1-3-4-5-6-7-8-9-14-11-10-13(2)12-14;1-2-3-4(5)6/h10-11H,3-9,12H2,1-2H3;2-3H2,1H3,(H,5,6). The Labute approximate surface area is 124 Å². The van der Waals surface area contributed by atoms with Crippen molar-refractivity contribution in [2.45, 2.75) is 65.2 Å². The van der Waals surface area contributed by atoms with Gasteiger partial charge in [-0.05, 0) is 12.8 Å². The number of hydrogen-bond acceptors (Lipinski definition) is 3. The van der Waals surface area contributed by atoms with Gasteiger partial charge >= 0.3 is 5.97 Å². The van der Waals surface area contributed by atoms with Crippen molar-refractivity contribution in [1.29, 1.82) is 0 Å². The zero-order valence-corrected chi connectivity index (χ0v) is 13.5. The Hall–Kier alpha value is -1.19. The number of carboxylic acid groups (broad SMARTS) is 1. The average Bonchev–Trinajstić information content (AvgIpc) is 2.80. The van der Waals surface area contributed by atoms with Crippen LogP contribution < -0.4 is 0 Å². The van der Waals surface area contributed by atoms with Crippen molar-refractivity contribution in [3.63, 3.8) is 0 Å². The van der Waals surface area contributed by atoms with E-state index in [2.05, 4.69) is 36.2 Å². The lowest BCUT2D eigenvalue weighted by Gasteiger charge is -2.17. The van der Waals surface area contributed by atoms with Gasteiger partial charge in [-0.25, -0.2) is 0 Å². The Bertz CT molecular complexity index is 267. The van der Waals surface area contributed by atoms with Gasteiger partial charge < -0.3 is 14.9 Å². The third-order valence-corrected chi connectivity index (χ3v) is 3.20. The second-order valence-electron chi connectivity index (χ2n) is 5.42. The molecule has 1 aliphatic heterocycles. The molecule has 0 unspecified atom stereocenters. The van der Waals surface area contributed by atoms with E-state index in [4.69, 9.17) is 5.11 Å². The molecule has 4 nitrogen and oxygen atoms in total. The van der Waals surface area contributed by atoms with Crippen molar-refractivity contribution >= 4 is 5.97 Å². The lowest BCUT2D eigenvalue weighted by atomic mass is 10.1. The monoisotopic (exact) mass is 284 g/mol. The Morgan fingerprint density at radius 1 is 1.05 bits per heavy atom. The first-order valence-electron chi connectivity index (χ1n) is 7.94. The molecular weight excluding hydrogens is 252 g/mol. The maximum Gasteiger partial charge on any atom is 0.303 e. The normalized spacial score (nSPS) is 13.3. The summed E-state index contributed by atoms with van der Waals surface area (Å²) in [5.41, 5.74) is 0. The molecule has 0 aliphatic carbocycles. The van der Waals surface area contributed by atoms with E-state index in [0.717, 1.165) is 13.1 Å². The zero-order chi connectivity index (χ0) is 15.2. The molecule has 1 N–H and O–H groups in total. The molecule has 0 aromatic rings. The highest BCUT2D eigenvalue weighted by Crippen LogP contribution is 2.08. The molecule has 1 aliphatic rings. The van der Waals surface area contributed by atoms with E-state index < -0.39 is 5.97 Å². The molecule has 4 heteroatoms. The van der Waals surface area contributed by atoms with Crippen LogP contribution in [0.3, 0.4) is 0 Å². The number of rotatable bonds is 9. The van der Waals surface area contributed by atoms with Crippen LogP contribution in [-0.2, 0) is 4.79 Å². The van der Waals surface area contributed by atoms with Crippen molar-refractivity contribution in [3.05, 3.63) is 12.4 Å². The predicted octanol–water partition coefficient (Wildman–Crippen LogP) is 3.89. The van der Waals surface area contributed by atoms with Gasteiger partial charge in [0.15, 0.2) is 0 Å². The molecule has 0 radical (unpaired) electrons. The molecule has 0 atom stereocenters. The van der Waals surface area contributed by atoms with E-state index in [1.165, 1.54) is 45.1 Å². The molecule has 0 aromatic heterocycles. The van der Waals surface area contributed by atoms with E-state index in [9.17, 15) is 4.79 Å². The largest absolute Gasteiger partial charge is 0.481 e. The second-order valence-corrected chi connectivity index (χ2v) is 5.42. The van der Waals surface area contributed by atoms with Crippen molar-refractivity contribution in [3.8, 4) is 0 Å². The number of nitrogens with zero attached hydrogens (tertiary/aromatic N) is 2. The summed E-state index contributed by atoms with van der Waals surface area (Å²) in [4.78, 5) is 14.2. The molecular formula is C16H32N2O2. The number of hydrogen-bond donors (Lipinski definition) is 1. The summed E-state index contributed by atoms with van der Waals surface area (Å²) in [5, 5.41) is 7.91. The number of carbonyl (C=O) groups is 1. The van der Waals surface area contributed by atoms with Gasteiger partial charge in [0.25, 0.3) is 0 Å². The zero-order valence-electron chi connectivity index (χ0n) is 13.5. The molecule has 0 aromatic carbocycles. The van der Waals surface area contributed by atoms with Crippen LogP contribution >= 0.6 is 0 Å². The molecule has 20 heavy (non-hydrogen) atoms. The Morgan fingerprint density at radius 2 is 1.70 bits per heavy atom. The van der Waals surface area contributed by atoms with Gasteiger partial charge in [-0.3, -0.25) is 4.79 Å². The molecule has 0 fully saturated rings.